The monoisotopic (exact) mass is 268 g/mol. The molecule has 1 saturated heterocycles. The van der Waals surface area contributed by atoms with Gasteiger partial charge in [0.1, 0.15) is 0 Å². The number of amides is 2. The molecule has 1 heterocycles. The second-order valence-electron chi connectivity index (χ2n) is 7.06. The minimum atomic E-state index is -0.243. The van der Waals surface area contributed by atoms with E-state index in [-0.39, 0.29) is 23.6 Å². The maximum atomic E-state index is 12.4. The van der Waals surface area contributed by atoms with E-state index in [1.54, 1.807) is 0 Å². The second kappa shape index (κ2) is 5.31. The zero-order chi connectivity index (χ0) is 14.2. The molecule has 4 nitrogen and oxygen atoms in total. The van der Waals surface area contributed by atoms with Crippen molar-refractivity contribution in [2.75, 3.05) is 19.6 Å². The first-order valence-electron chi connectivity index (χ1n) is 7.58. The average Bonchev–Trinajstić information content (AvgIpc) is 2.68. The topological polar surface area (TPSA) is 43.8 Å². The van der Waals surface area contributed by atoms with E-state index in [0.717, 1.165) is 38.9 Å². The lowest BCUT2D eigenvalue weighted by molar-refractivity contribution is 0.00848. The maximum absolute atomic E-state index is 12.4. The van der Waals surface area contributed by atoms with Gasteiger partial charge in [0.2, 0.25) is 0 Å². The molecule has 1 aliphatic carbocycles. The maximum Gasteiger partial charge on any atom is 0.320 e. The molecule has 2 fully saturated rings. The first-order chi connectivity index (χ1) is 8.84. The molecule has 2 rings (SSSR count). The van der Waals surface area contributed by atoms with Crippen LogP contribution in [-0.4, -0.2) is 52.7 Å². The number of likely N-dealkylation sites (N-methyl/N-ethyl adjacent to an activating group) is 1. The highest BCUT2D eigenvalue weighted by Gasteiger charge is 2.44. The molecule has 2 aliphatic rings. The van der Waals surface area contributed by atoms with Gasteiger partial charge >= 0.3 is 6.03 Å². The van der Waals surface area contributed by atoms with E-state index >= 15 is 0 Å². The molecule has 0 spiro atoms. The van der Waals surface area contributed by atoms with Crippen molar-refractivity contribution in [1.82, 2.24) is 9.80 Å². The van der Waals surface area contributed by atoms with Crippen LogP contribution in [0, 0.1) is 11.3 Å². The Hall–Kier alpha value is -0.770. The van der Waals surface area contributed by atoms with Crippen molar-refractivity contribution in [3.8, 4) is 0 Å². The summed E-state index contributed by atoms with van der Waals surface area (Å²) in [5.41, 5.74) is 0.185. The van der Waals surface area contributed by atoms with Gasteiger partial charge in [0.15, 0.2) is 0 Å². The van der Waals surface area contributed by atoms with Crippen molar-refractivity contribution < 1.29 is 9.90 Å². The van der Waals surface area contributed by atoms with E-state index < -0.39 is 0 Å². The Labute approximate surface area is 116 Å². The van der Waals surface area contributed by atoms with Gasteiger partial charge in [0, 0.05) is 25.7 Å². The van der Waals surface area contributed by atoms with Crippen LogP contribution in [0.25, 0.3) is 0 Å². The summed E-state index contributed by atoms with van der Waals surface area (Å²) < 4.78 is 0. The van der Waals surface area contributed by atoms with Crippen molar-refractivity contribution >= 4 is 6.03 Å². The van der Waals surface area contributed by atoms with Crippen LogP contribution in [-0.2, 0) is 0 Å². The predicted molar refractivity (Wildman–Crippen MR) is 75.9 cm³/mol. The van der Waals surface area contributed by atoms with Gasteiger partial charge < -0.3 is 14.9 Å². The zero-order valence-corrected chi connectivity index (χ0v) is 12.7. The van der Waals surface area contributed by atoms with Crippen LogP contribution >= 0.6 is 0 Å². The van der Waals surface area contributed by atoms with Gasteiger partial charge in [-0.25, -0.2) is 4.79 Å². The Kier molecular flexibility index (Phi) is 4.09. The quantitative estimate of drug-likeness (QED) is 0.835. The number of nitrogens with zero attached hydrogens (tertiary/aromatic N) is 2. The van der Waals surface area contributed by atoms with Crippen LogP contribution in [0.4, 0.5) is 4.79 Å². The summed E-state index contributed by atoms with van der Waals surface area (Å²) in [6.45, 7) is 11.2. The Morgan fingerprint density at radius 3 is 2.47 bits per heavy atom. The first kappa shape index (κ1) is 14.6. The Balaban J connectivity index is 2.17. The molecule has 0 radical (unpaired) electrons. The Morgan fingerprint density at radius 1 is 1.26 bits per heavy atom. The summed E-state index contributed by atoms with van der Waals surface area (Å²) >= 11 is 0. The number of rotatable bonds is 2. The number of aliphatic hydroxyl groups excluding tert-OH is 1. The van der Waals surface area contributed by atoms with Gasteiger partial charge in [0.05, 0.1) is 6.10 Å². The van der Waals surface area contributed by atoms with Gasteiger partial charge in [-0.15, -0.1) is 0 Å². The van der Waals surface area contributed by atoms with Gasteiger partial charge in [0.25, 0.3) is 0 Å². The number of hydrogen-bond acceptors (Lipinski definition) is 2. The largest absolute Gasteiger partial charge is 0.393 e. The smallest absolute Gasteiger partial charge is 0.320 e. The highest BCUT2D eigenvalue weighted by molar-refractivity contribution is 5.76. The van der Waals surface area contributed by atoms with E-state index in [9.17, 15) is 9.90 Å². The minimum Gasteiger partial charge on any atom is -0.393 e. The van der Waals surface area contributed by atoms with Crippen molar-refractivity contribution in [2.24, 2.45) is 11.3 Å². The van der Waals surface area contributed by atoms with E-state index in [1.165, 1.54) is 0 Å². The van der Waals surface area contributed by atoms with E-state index in [0.29, 0.717) is 5.92 Å². The second-order valence-corrected chi connectivity index (χ2v) is 7.06. The Morgan fingerprint density at radius 2 is 1.95 bits per heavy atom. The highest BCUT2D eigenvalue weighted by Crippen LogP contribution is 2.41. The summed E-state index contributed by atoms with van der Waals surface area (Å²) in [7, 11) is 0. The van der Waals surface area contributed by atoms with E-state index in [2.05, 4.69) is 20.8 Å². The summed E-state index contributed by atoms with van der Waals surface area (Å²) in [4.78, 5) is 16.3. The van der Waals surface area contributed by atoms with Crippen LogP contribution in [0.3, 0.4) is 0 Å². The fourth-order valence-corrected chi connectivity index (χ4v) is 3.68. The molecule has 0 aromatic carbocycles. The number of carbonyl (C=O) groups is 1. The first-order valence-corrected chi connectivity index (χ1v) is 7.58. The van der Waals surface area contributed by atoms with Crippen molar-refractivity contribution in [1.29, 1.82) is 0 Å². The van der Waals surface area contributed by atoms with Crippen LogP contribution in [0.5, 0.6) is 0 Å². The molecule has 1 aliphatic heterocycles. The Bertz CT molecular complexity index is 338. The minimum absolute atomic E-state index is 0.163. The fourth-order valence-electron chi connectivity index (χ4n) is 3.68. The fraction of sp³-hybridized carbons (Fsp3) is 0.933. The standard InChI is InChI=1S/C15H28N2O2/c1-5-16-8-9-17(14(16)19)13-10-11(18)6-7-12(13)15(2,3)4/h11-13,18H,5-10H2,1-4H3. The summed E-state index contributed by atoms with van der Waals surface area (Å²) in [6, 6.07) is 0.364. The predicted octanol–water partition coefficient (Wildman–Crippen LogP) is 2.32. The lowest BCUT2D eigenvalue weighted by Crippen LogP contribution is -2.51. The normalized spacial score (nSPS) is 33.1. The molecule has 2 amide bonds. The van der Waals surface area contributed by atoms with Crippen LogP contribution in [0.15, 0.2) is 0 Å². The molecule has 3 unspecified atom stereocenters. The van der Waals surface area contributed by atoms with Gasteiger partial charge in [-0.05, 0) is 37.5 Å². The molecule has 19 heavy (non-hydrogen) atoms. The average molecular weight is 268 g/mol. The van der Waals surface area contributed by atoms with Crippen molar-refractivity contribution in [2.45, 2.75) is 59.1 Å². The third-order valence-electron chi connectivity index (χ3n) is 4.81. The molecule has 3 atom stereocenters. The summed E-state index contributed by atoms with van der Waals surface area (Å²) in [5.74, 6) is 0.483. The molecule has 1 saturated carbocycles. The molecule has 1 N–H and O–H groups in total. The van der Waals surface area contributed by atoms with Gasteiger partial charge in [-0.3, -0.25) is 0 Å². The molecule has 0 aromatic rings. The van der Waals surface area contributed by atoms with Crippen molar-refractivity contribution in [3.63, 3.8) is 0 Å². The molecule has 0 aromatic heterocycles. The molecular weight excluding hydrogens is 240 g/mol. The molecule has 0 bridgehead atoms. The third kappa shape index (κ3) is 2.88. The van der Waals surface area contributed by atoms with E-state index in [4.69, 9.17) is 0 Å². The van der Waals surface area contributed by atoms with Crippen LogP contribution in [0.1, 0.15) is 47.0 Å². The number of hydrogen-bond donors (Lipinski definition) is 1. The lowest BCUT2D eigenvalue weighted by atomic mass is 9.68. The number of urea groups is 1. The highest BCUT2D eigenvalue weighted by atomic mass is 16.3. The van der Waals surface area contributed by atoms with Crippen molar-refractivity contribution in [3.05, 3.63) is 0 Å². The summed E-state index contributed by atoms with van der Waals surface area (Å²) in [6.07, 6.45) is 2.39. The van der Waals surface area contributed by atoms with Crippen LogP contribution < -0.4 is 0 Å². The number of carbonyl (C=O) groups excluding carboxylic acids is 1. The summed E-state index contributed by atoms with van der Waals surface area (Å²) in [5, 5.41) is 9.98. The van der Waals surface area contributed by atoms with E-state index in [1.807, 2.05) is 16.7 Å². The molecular formula is C15H28N2O2. The lowest BCUT2D eigenvalue weighted by Gasteiger charge is -2.45. The van der Waals surface area contributed by atoms with Crippen LogP contribution in [0.2, 0.25) is 0 Å². The van der Waals surface area contributed by atoms with Gasteiger partial charge in [-0.1, -0.05) is 20.8 Å². The zero-order valence-electron chi connectivity index (χ0n) is 12.7. The van der Waals surface area contributed by atoms with Gasteiger partial charge in [-0.2, -0.15) is 0 Å². The molecule has 110 valence electrons. The third-order valence-corrected chi connectivity index (χ3v) is 4.81. The molecule has 4 heteroatoms. The SMILES string of the molecule is CCN1CCN(C2CC(O)CCC2C(C)(C)C)C1=O. The number of aliphatic hydroxyl groups is 1.